The predicted octanol–water partition coefficient (Wildman–Crippen LogP) is 0.223. The van der Waals surface area contributed by atoms with E-state index in [9.17, 15) is 4.79 Å². The molecule has 0 spiro atoms. The van der Waals surface area contributed by atoms with Crippen molar-refractivity contribution in [2.24, 2.45) is 0 Å². The number of carbonyl (C=O) groups is 1. The number of carboxylic acid groups (broad SMARTS) is 1. The molecule has 0 aromatic rings. The minimum atomic E-state index is -0.711. The number of hydrogen-bond donors (Lipinski definition) is 1. The van der Waals surface area contributed by atoms with Crippen LogP contribution in [0.2, 0.25) is 0 Å². The first kappa shape index (κ1) is 10.1. The van der Waals surface area contributed by atoms with Crippen molar-refractivity contribution in [2.45, 2.75) is 19.8 Å². The molecule has 0 aliphatic rings. The van der Waals surface area contributed by atoms with Crippen LogP contribution in [0.25, 0.3) is 0 Å². The normalized spacial score (nSPS) is 7.00. The molecule has 0 saturated carbocycles. The Balaban J connectivity index is 0. The van der Waals surface area contributed by atoms with Gasteiger partial charge in [0.2, 0.25) is 0 Å². The third kappa shape index (κ3) is 10.7. The van der Waals surface area contributed by atoms with E-state index in [2.05, 4.69) is 0 Å². The Kier molecular flexibility index (Phi) is 8.78. The van der Waals surface area contributed by atoms with Gasteiger partial charge >= 0.3 is 24.8 Å². The van der Waals surface area contributed by atoms with Gasteiger partial charge in [-0.2, -0.15) is 0 Å². The molecule has 0 aliphatic carbocycles. The Bertz CT molecular complexity index is 53.7. The minimum absolute atomic E-state index is 0. The SMILES string of the molecule is CCCC(=O)O.[LiH]. The molecular formula is C4H9LiO2. The molecule has 0 aromatic carbocycles. The van der Waals surface area contributed by atoms with Gasteiger partial charge in [0.25, 0.3) is 0 Å². The second-order valence-electron chi connectivity index (χ2n) is 1.14. The summed E-state index contributed by atoms with van der Waals surface area (Å²) in [5, 5.41) is 7.91. The third-order valence-corrected chi connectivity index (χ3v) is 0.464. The van der Waals surface area contributed by atoms with Gasteiger partial charge in [0.05, 0.1) is 0 Å². The molecule has 0 amide bonds. The van der Waals surface area contributed by atoms with E-state index in [-0.39, 0.29) is 18.9 Å². The molecule has 0 radical (unpaired) electrons. The van der Waals surface area contributed by atoms with Crippen LogP contribution in [-0.4, -0.2) is 29.9 Å². The molecule has 0 fully saturated rings. The van der Waals surface area contributed by atoms with Gasteiger partial charge in [-0.05, 0) is 6.42 Å². The number of rotatable bonds is 2. The van der Waals surface area contributed by atoms with Crippen LogP contribution in [0.1, 0.15) is 19.8 Å². The molecule has 3 heteroatoms. The van der Waals surface area contributed by atoms with Gasteiger partial charge in [0, 0.05) is 6.42 Å². The zero-order valence-electron chi connectivity index (χ0n) is 3.77. The predicted molar refractivity (Wildman–Crippen MR) is 29.7 cm³/mol. The summed E-state index contributed by atoms with van der Waals surface area (Å²) in [4.78, 5) is 9.60. The molecule has 1 N–H and O–H groups in total. The topological polar surface area (TPSA) is 37.3 Å². The van der Waals surface area contributed by atoms with Crippen molar-refractivity contribution in [3.05, 3.63) is 0 Å². The fourth-order valence-corrected chi connectivity index (χ4v) is 0.214. The molecule has 0 heterocycles. The average Bonchev–Trinajstić information content (AvgIpc) is 1.35. The van der Waals surface area contributed by atoms with E-state index in [1.807, 2.05) is 6.92 Å². The van der Waals surface area contributed by atoms with Crippen molar-refractivity contribution in [3.63, 3.8) is 0 Å². The fourth-order valence-electron chi connectivity index (χ4n) is 0.214. The van der Waals surface area contributed by atoms with E-state index in [0.29, 0.717) is 6.42 Å². The van der Waals surface area contributed by atoms with Crippen LogP contribution in [0.15, 0.2) is 0 Å². The van der Waals surface area contributed by atoms with Crippen molar-refractivity contribution in [3.8, 4) is 0 Å². The Hall–Kier alpha value is 0.0674. The molecule has 0 atom stereocenters. The second-order valence-corrected chi connectivity index (χ2v) is 1.14. The van der Waals surface area contributed by atoms with Gasteiger partial charge in [0.15, 0.2) is 0 Å². The summed E-state index contributed by atoms with van der Waals surface area (Å²) >= 11 is 0. The Labute approximate surface area is 55.1 Å². The first-order valence-corrected chi connectivity index (χ1v) is 1.99. The van der Waals surface area contributed by atoms with Gasteiger partial charge in [0.1, 0.15) is 0 Å². The van der Waals surface area contributed by atoms with Crippen molar-refractivity contribution < 1.29 is 9.90 Å². The molecule has 0 unspecified atom stereocenters. The summed E-state index contributed by atoms with van der Waals surface area (Å²) in [6.07, 6.45) is 1.02. The zero-order valence-corrected chi connectivity index (χ0v) is 3.77. The van der Waals surface area contributed by atoms with E-state index >= 15 is 0 Å². The molecule has 0 aliphatic heterocycles. The maximum atomic E-state index is 9.60. The van der Waals surface area contributed by atoms with Crippen LogP contribution in [0, 0.1) is 0 Å². The van der Waals surface area contributed by atoms with Gasteiger partial charge in [-0.3, -0.25) is 4.79 Å². The molecule has 0 bridgehead atoms. The van der Waals surface area contributed by atoms with Gasteiger partial charge in [-0.15, -0.1) is 0 Å². The van der Waals surface area contributed by atoms with E-state index < -0.39 is 5.97 Å². The first-order chi connectivity index (χ1) is 2.77. The molecule has 2 nitrogen and oxygen atoms in total. The summed E-state index contributed by atoms with van der Waals surface area (Å²) in [5.74, 6) is -0.711. The molecular weight excluding hydrogens is 87.0 g/mol. The average molecular weight is 96.1 g/mol. The Morgan fingerprint density at radius 3 is 2.14 bits per heavy atom. The van der Waals surface area contributed by atoms with Gasteiger partial charge in [-0.1, -0.05) is 6.92 Å². The van der Waals surface area contributed by atoms with Crippen LogP contribution in [-0.2, 0) is 4.79 Å². The Morgan fingerprint density at radius 1 is 1.71 bits per heavy atom. The van der Waals surface area contributed by atoms with Crippen molar-refractivity contribution in [2.75, 3.05) is 0 Å². The fraction of sp³-hybridized carbons (Fsp3) is 0.750. The summed E-state index contributed by atoms with van der Waals surface area (Å²) in [6, 6.07) is 0. The van der Waals surface area contributed by atoms with Crippen molar-refractivity contribution in [1.82, 2.24) is 0 Å². The monoisotopic (exact) mass is 96.1 g/mol. The van der Waals surface area contributed by atoms with Crippen LogP contribution >= 0.6 is 0 Å². The maximum absolute atomic E-state index is 9.60. The molecule has 7 heavy (non-hydrogen) atoms. The molecule has 0 aromatic heterocycles. The van der Waals surface area contributed by atoms with Crippen LogP contribution < -0.4 is 0 Å². The summed E-state index contributed by atoms with van der Waals surface area (Å²) < 4.78 is 0. The second kappa shape index (κ2) is 6.07. The van der Waals surface area contributed by atoms with Crippen molar-refractivity contribution >= 4 is 24.8 Å². The summed E-state index contributed by atoms with van der Waals surface area (Å²) in [7, 11) is 0. The quantitative estimate of drug-likeness (QED) is 0.499. The van der Waals surface area contributed by atoms with Crippen molar-refractivity contribution in [1.29, 1.82) is 0 Å². The van der Waals surface area contributed by atoms with E-state index in [0.717, 1.165) is 6.42 Å². The molecule has 0 rings (SSSR count). The molecule has 38 valence electrons. The van der Waals surface area contributed by atoms with Crippen LogP contribution in [0.3, 0.4) is 0 Å². The van der Waals surface area contributed by atoms with Crippen LogP contribution in [0.4, 0.5) is 0 Å². The van der Waals surface area contributed by atoms with E-state index in [1.165, 1.54) is 0 Å². The summed E-state index contributed by atoms with van der Waals surface area (Å²) in [6.45, 7) is 1.84. The van der Waals surface area contributed by atoms with E-state index in [1.54, 1.807) is 0 Å². The number of aliphatic carboxylic acids is 1. The molecule has 0 saturated heterocycles. The zero-order chi connectivity index (χ0) is 4.99. The van der Waals surface area contributed by atoms with Gasteiger partial charge in [-0.25, -0.2) is 0 Å². The third-order valence-electron chi connectivity index (χ3n) is 0.464. The number of hydrogen-bond acceptors (Lipinski definition) is 1. The summed E-state index contributed by atoms with van der Waals surface area (Å²) in [5.41, 5.74) is 0. The Morgan fingerprint density at radius 2 is 2.14 bits per heavy atom. The van der Waals surface area contributed by atoms with Gasteiger partial charge < -0.3 is 5.11 Å². The first-order valence-electron chi connectivity index (χ1n) is 1.99. The van der Waals surface area contributed by atoms with E-state index in [4.69, 9.17) is 5.11 Å². The standard InChI is InChI=1S/C4H8O2.Li.H/c1-2-3-4(5)6;;/h2-3H2,1H3,(H,5,6);;. The number of carboxylic acids is 1. The van der Waals surface area contributed by atoms with Crippen LogP contribution in [0.5, 0.6) is 0 Å².